The molecule has 0 radical (unpaired) electrons. The van der Waals surface area contributed by atoms with Gasteiger partial charge in [0.2, 0.25) is 0 Å². The van der Waals surface area contributed by atoms with Crippen LogP contribution in [0.5, 0.6) is 0 Å². The Morgan fingerprint density at radius 3 is 2.26 bits per heavy atom. The third kappa shape index (κ3) is 5.63. The molecule has 0 bridgehead atoms. The van der Waals surface area contributed by atoms with Gasteiger partial charge in [-0.1, -0.05) is 72.3 Å². The number of methoxy groups -OCH3 is 1. The number of amides is 2. The number of hydrogen-bond donors (Lipinski definition) is 3. The first-order chi connectivity index (χ1) is 16.5. The number of nitrogens with zero attached hydrogens (tertiary/aromatic N) is 1. The molecule has 8 heteroatoms. The largest absolute Gasteiger partial charge is 0.453 e. The lowest BCUT2D eigenvalue weighted by molar-refractivity contribution is 0.0934. The maximum absolute atomic E-state index is 12.9. The van der Waals surface area contributed by atoms with Crippen molar-refractivity contribution in [2.24, 2.45) is 0 Å². The van der Waals surface area contributed by atoms with Crippen molar-refractivity contribution in [3.63, 3.8) is 0 Å². The number of carbonyl (C=O) groups is 2. The van der Waals surface area contributed by atoms with E-state index in [-0.39, 0.29) is 5.91 Å². The van der Waals surface area contributed by atoms with Crippen LogP contribution in [0.1, 0.15) is 27.8 Å². The monoisotopic (exact) mass is 474 g/mol. The van der Waals surface area contributed by atoms with Crippen molar-refractivity contribution >= 4 is 29.3 Å². The minimum Gasteiger partial charge on any atom is -0.453 e. The first-order valence-corrected chi connectivity index (χ1v) is 11.0. The van der Waals surface area contributed by atoms with Crippen LogP contribution >= 0.6 is 11.6 Å². The predicted octanol–water partition coefficient (Wildman–Crippen LogP) is 5.62. The molecule has 4 rings (SSSR count). The number of nitrogens with one attached hydrogen (secondary N) is 3. The third-order valence-electron chi connectivity index (χ3n) is 5.22. The quantitative estimate of drug-likeness (QED) is 0.324. The first kappa shape index (κ1) is 23.1. The van der Waals surface area contributed by atoms with Crippen LogP contribution in [-0.2, 0) is 11.2 Å². The lowest BCUT2D eigenvalue weighted by atomic mass is 10.0. The summed E-state index contributed by atoms with van der Waals surface area (Å²) in [6, 6.07) is 25.5. The van der Waals surface area contributed by atoms with Crippen LogP contribution in [-0.4, -0.2) is 29.1 Å². The fourth-order valence-electron chi connectivity index (χ4n) is 3.50. The fraction of sp³-hybridized carbons (Fsp3) is 0.115. The summed E-state index contributed by atoms with van der Waals surface area (Å²) in [5.74, 6) is 0.346. The standard InChI is InChI=1S/C26H23ClN4O3/c1-34-26(33)28-20-14-12-18(13-15-20)22-23(27)31-24(30-22)21(16-17-8-4-2-5-9-17)29-25(32)19-10-6-3-7-11-19/h2-15,21H,16H2,1H3,(H,28,33)(H,29,32)(H,30,31)/t21-/m0/s1. The van der Waals surface area contributed by atoms with Crippen molar-refractivity contribution in [3.05, 3.63) is 107 Å². The third-order valence-corrected chi connectivity index (χ3v) is 5.50. The minimum atomic E-state index is -0.550. The number of anilines is 1. The molecule has 7 nitrogen and oxygen atoms in total. The van der Waals surface area contributed by atoms with E-state index in [1.807, 2.05) is 48.5 Å². The van der Waals surface area contributed by atoms with Gasteiger partial charge >= 0.3 is 6.09 Å². The number of halogens is 1. The maximum Gasteiger partial charge on any atom is 0.411 e. The molecule has 0 spiro atoms. The van der Waals surface area contributed by atoms with Crippen LogP contribution in [0.2, 0.25) is 5.15 Å². The van der Waals surface area contributed by atoms with Crippen LogP contribution < -0.4 is 10.6 Å². The predicted molar refractivity (Wildman–Crippen MR) is 132 cm³/mol. The van der Waals surface area contributed by atoms with E-state index in [4.69, 9.17) is 16.6 Å². The molecule has 2 amide bonds. The van der Waals surface area contributed by atoms with E-state index in [0.717, 1.165) is 11.1 Å². The number of hydrogen-bond acceptors (Lipinski definition) is 4. The maximum atomic E-state index is 12.9. The zero-order valence-corrected chi connectivity index (χ0v) is 19.2. The molecule has 0 unspecified atom stereocenters. The summed E-state index contributed by atoms with van der Waals surface area (Å²) in [7, 11) is 1.30. The van der Waals surface area contributed by atoms with Crippen molar-refractivity contribution in [2.45, 2.75) is 12.5 Å². The molecule has 1 atom stereocenters. The van der Waals surface area contributed by atoms with E-state index in [9.17, 15) is 9.59 Å². The number of rotatable bonds is 7. The zero-order chi connectivity index (χ0) is 23.9. The highest BCUT2D eigenvalue weighted by Gasteiger charge is 2.22. The van der Waals surface area contributed by atoms with Crippen LogP contribution in [0.3, 0.4) is 0 Å². The van der Waals surface area contributed by atoms with Crippen LogP contribution in [0.15, 0.2) is 84.9 Å². The number of carbonyl (C=O) groups excluding carboxylic acids is 2. The normalized spacial score (nSPS) is 11.5. The van der Waals surface area contributed by atoms with E-state index < -0.39 is 12.1 Å². The Morgan fingerprint density at radius 2 is 1.62 bits per heavy atom. The second-order valence-corrected chi connectivity index (χ2v) is 7.94. The molecular formula is C26H23ClN4O3. The number of aromatic amines is 1. The summed E-state index contributed by atoms with van der Waals surface area (Å²) in [5.41, 5.74) is 3.50. The van der Waals surface area contributed by atoms with Crippen molar-refractivity contribution < 1.29 is 14.3 Å². The van der Waals surface area contributed by atoms with Gasteiger partial charge in [-0.25, -0.2) is 9.78 Å². The van der Waals surface area contributed by atoms with Gasteiger partial charge in [0.15, 0.2) is 0 Å². The highest BCUT2D eigenvalue weighted by atomic mass is 35.5. The molecule has 3 aromatic carbocycles. The molecular weight excluding hydrogens is 452 g/mol. The fourth-order valence-corrected chi connectivity index (χ4v) is 3.75. The molecule has 172 valence electrons. The summed E-state index contributed by atoms with van der Waals surface area (Å²) in [5, 5.41) is 6.03. The highest BCUT2D eigenvalue weighted by Crippen LogP contribution is 2.29. The highest BCUT2D eigenvalue weighted by molar-refractivity contribution is 6.31. The van der Waals surface area contributed by atoms with E-state index in [1.54, 1.807) is 36.4 Å². The van der Waals surface area contributed by atoms with Crippen LogP contribution in [0.4, 0.5) is 10.5 Å². The molecule has 0 fully saturated rings. The second-order valence-electron chi connectivity index (χ2n) is 7.56. The molecule has 0 aliphatic carbocycles. The molecule has 0 aliphatic rings. The lowest BCUT2D eigenvalue weighted by Gasteiger charge is -2.17. The Kier molecular flexibility index (Phi) is 7.25. The number of ether oxygens (including phenoxy) is 1. The molecule has 4 aromatic rings. The van der Waals surface area contributed by atoms with Crippen molar-refractivity contribution in [2.75, 3.05) is 12.4 Å². The molecule has 0 aliphatic heterocycles. The second kappa shape index (κ2) is 10.7. The van der Waals surface area contributed by atoms with Gasteiger partial charge in [0.05, 0.1) is 13.2 Å². The Morgan fingerprint density at radius 1 is 0.971 bits per heavy atom. The average Bonchev–Trinajstić information content (AvgIpc) is 3.26. The van der Waals surface area contributed by atoms with Crippen molar-refractivity contribution in [3.8, 4) is 11.3 Å². The first-order valence-electron chi connectivity index (χ1n) is 10.6. The molecule has 0 saturated carbocycles. The SMILES string of the molecule is COC(=O)Nc1ccc(-c2nc([C@H](Cc3ccccc3)NC(=O)c3ccccc3)[nH]c2Cl)cc1. The number of imidazole rings is 1. The lowest BCUT2D eigenvalue weighted by Crippen LogP contribution is -2.30. The van der Waals surface area contributed by atoms with Gasteiger partial charge in [-0.2, -0.15) is 0 Å². The topological polar surface area (TPSA) is 96.1 Å². The van der Waals surface area contributed by atoms with E-state index in [0.29, 0.717) is 34.3 Å². The van der Waals surface area contributed by atoms with E-state index in [1.165, 1.54) is 7.11 Å². The molecule has 1 heterocycles. The summed E-state index contributed by atoms with van der Waals surface area (Å²) >= 11 is 6.51. The van der Waals surface area contributed by atoms with Gasteiger partial charge < -0.3 is 15.0 Å². The molecule has 34 heavy (non-hydrogen) atoms. The smallest absolute Gasteiger partial charge is 0.411 e. The Balaban J connectivity index is 1.61. The average molecular weight is 475 g/mol. The van der Waals surface area contributed by atoms with Crippen LogP contribution in [0.25, 0.3) is 11.3 Å². The van der Waals surface area contributed by atoms with Crippen molar-refractivity contribution in [1.82, 2.24) is 15.3 Å². The summed E-state index contributed by atoms with van der Waals surface area (Å²) in [4.78, 5) is 32.1. The number of aromatic nitrogens is 2. The molecule has 0 saturated heterocycles. The van der Waals surface area contributed by atoms with Gasteiger partial charge in [0.1, 0.15) is 16.7 Å². The Bertz CT molecular complexity index is 1260. The van der Waals surface area contributed by atoms with Gasteiger partial charge in [-0.05, 0) is 36.2 Å². The van der Waals surface area contributed by atoms with E-state index in [2.05, 4.69) is 20.4 Å². The summed E-state index contributed by atoms with van der Waals surface area (Å²) in [6.45, 7) is 0. The number of H-pyrrole nitrogens is 1. The van der Waals surface area contributed by atoms with Gasteiger partial charge in [0.25, 0.3) is 5.91 Å². The molecule has 1 aromatic heterocycles. The van der Waals surface area contributed by atoms with Gasteiger partial charge in [-0.15, -0.1) is 0 Å². The van der Waals surface area contributed by atoms with Crippen LogP contribution in [0, 0.1) is 0 Å². The summed E-state index contributed by atoms with van der Waals surface area (Å²) < 4.78 is 4.61. The van der Waals surface area contributed by atoms with Gasteiger partial charge in [-0.3, -0.25) is 10.1 Å². The van der Waals surface area contributed by atoms with E-state index >= 15 is 0 Å². The summed E-state index contributed by atoms with van der Waals surface area (Å²) in [6.07, 6.45) is -0.0178. The molecule has 3 N–H and O–H groups in total. The Labute approximate surface area is 202 Å². The Hall–Kier alpha value is -4.10. The zero-order valence-electron chi connectivity index (χ0n) is 18.4. The number of benzene rings is 3. The van der Waals surface area contributed by atoms with Gasteiger partial charge in [0, 0.05) is 16.8 Å². The minimum absolute atomic E-state index is 0.200. The van der Waals surface area contributed by atoms with Crippen molar-refractivity contribution in [1.29, 1.82) is 0 Å².